The van der Waals surface area contributed by atoms with Gasteiger partial charge >= 0.3 is 0 Å². The molecule has 0 saturated heterocycles. The summed E-state index contributed by atoms with van der Waals surface area (Å²) in [5.41, 5.74) is 6.06. The number of carbonyl (C=O) groups is 1. The van der Waals surface area contributed by atoms with Gasteiger partial charge in [0.15, 0.2) is 0 Å². The van der Waals surface area contributed by atoms with Crippen LogP contribution in [-0.2, 0) is 7.05 Å². The van der Waals surface area contributed by atoms with E-state index in [9.17, 15) is 4.79 Å². The molecule has 0 bridgehead atoms. The second-order valence-corrected chi connectivity index (χ2v) is 4.30. The van der Waals surface area contributed by atoms with Crippen LogP contribution in [0.15, 0.2) is 12.5 Å². The molecule has 1 amide bonds. The maximum Gasteiger partial charge on any atom is 0.274 e. The van der Waals surface area contributed by atoms with Crippen molar-refractivity contribution in [1.82, 2.24) is 14.5 Å². The molecular weight excluding hydrogens is 204 g/mol. The van der Waals surface area contributed by atoms with Gasteiger partial charge in [0, 0.05) is 32.4 Å². The van der Waals surface area contributed by atoms with E-state index in [1.165, 1.54) is 6.42 Å². The van der Waals surface area contributed by atoms with Gasteiger partial charge in [-0.2, -0.15) is 0 Å². The van der Waals surface area contributed by atoms with Crippen molar-refractivity contribution in [2.75, 3.05) is 13.1 Å². The predicted molar refractivity (Wildman–Crippen MR) is 60.9 cm³/mol. The average molecular weight is 222 g/mol. The molecule has 16 heavy (non-hydrogen) atoms. The highest BCUT2D eigenvalue weighted by atomic mass is 16.2. The van der Waals surface area contributed by atoms with Crippen LogP contribution in [0.4, 0.5) is 0 Å². The van der Waals surface area contributed by atoms with E-state index < -0.39 is 0 Å². The molecule has 2 N–H and O–H groups in total. The van der Waals surface area contributed by atoms with Crippen LogP contribution in [0.25, 0.3) is 0 Å². The number of carbonyl (C=O) groups excluding carboxylic acids is 1. The zero-order valence-electron chi connectivity index (χ0n) is 9.59. The monoisotopic (exact) mass is 222 g/mol. The first-order valence-corrected chi connectivity index (χ1v) is 5.71. The highest BCUT2D eigenvalue weighted by Gasteiger charge is 2.29. The first kappa shape index (κ1) is 11.1. The molecule has 2 rings (SSSR count). The number of hydrogen-bond acceptors (Lipinski definition) is 3. The summed E-state index contributed by atoms with van der Waals surface area (Å²) in [4.78, 5) is 18.1. The fraction of sp³-hybridized carbons (Fsp3) is 0.636. The number of hydrogen-bond donors (Lipinski definition) is 1. The van der Waals surface area contributed by atoms with Crippen LogP contribution in [0, 0.1) is 0 Å². The Hall–Kier alpha value is -1.36. The van der Waals surface area contributed by atoms with Gasteiger partial charge in [-0.25, -0.2) is 4.98 Å². The summed E-state index contributed by atoms with van der Waals surface area (Å²) in [6.45, 7) is 1.13. The van der Waals surface area contributed by atoms with E-state index in [0.717, 1.165) is 12.8 Å². The zero-order valence-corrected chi connectivity index (χ0v) is 9.59. The van der Waals surface area contributed by atoms with Crippen LogP contribution in [-0.4, -0.2) is 39.5 Å². The van der Waals surface area contributed by atoms with E-state index in [1.54, 1.807) is 17.1 Å². The molecule has 0 aliphatic heterocycles. The van der Waals surface area contributed by atoms with E-state index >= 15 is 0 Å². The summed E-state index contributed by atoms with van der Waals surface area (Å²) in [6, 6.07) is 0.373. The van der Waals surface area contributed by atoms with Crippen molar-refractivity contribution < 1.29 is 4.79 Å². The molecule has 88 valence electrons. The number of imidazole rings is 1. The summed E-state index contributed by atoms with van der Waals surface area (Å²) in [5, 5.41) is 0. The van der Waals surface area contributed by atoms with Gasteiger partial charge < -0.3 is 15.2 Å². The predicted octanol–water partition coefficient (Wildman–Crippen LogP) is 0.373. The van der Waals surface area contributed by atoms with Gasteiger partial charge in [0.25, 0.3) is 5.91 Å². The van der Waals surface area contributed by atoms with Crippen molar-refractivity contribution in [2.45, 2.75) is 25.3 Å². The molecule has 0 atom stereocenters. The van der Waals surface area contributed by atoms with Crippen LogP contribution in [0.1, 0.15) is 29.8 Å². The van der Waals surface area contributed by atoms with Gasteiger partial charge in [0.2, 0.25) is 0 Å². The number of aryl methyl sites for hydroxylation is 1. The Balaban J connectivity index is 2.09. The van der Waals surface area contributed by atoms with E-state index in [-0.39, 0.29) is 5.91 Å². The van der Waals surface area contributed by atoms with Crippen molar-refractivity contribution >= 4 is 5.91 Å². The SMILES string of the molecule is Cn1cnc(C(=O)N(CCN)C2CCC2)c1. The molecule has 0 unspecified atom stereocenters. The van der Waals surface area contributed by atoms with Crippen molar-refractivity contribution in [2.24, 2.45) is 12.8 Å². The first-order chi connectivity index (χ1) is 7.72. The molecule has 1 aliphatic carbocycles. The van der Waals surface area contributed by atoms with Crippen molar-refractivity contribution in [3.63, 3.8) is 0 Å². The van der Waals surface area contributed by atoms with Gasteiger partial charge in [-0.15, -0.1) is 0 Å². The second-order valence-electron chi connectivity index (χ2n) is 4.30. The van der Waals surface area contributed by atoms with Crippen LogP contribution >= 0.6 is 0 Å². The standard InChI is InChI=1S/C11H18N4O/c1-14-7-10(13-8-14)11(16)15(6-5-12)9-3-2-4-9/h7-9H,2-6,12H2,1H3. The fourth-order valence-corrected chi connectivity index (χ4v) is 1.96. The summed E-state index contributed by atoms with van der Waals surface area (Å²) in [7, 11) is 1.86. The Labute approximate surface area is 95.2 Å². The number of rotatable bonds is 4. The topological polar surface area (TPSA) is 64.2 Å². The largest absolute Gasteiger partial charge is 0.340 e. The lowest BCUT2D eigenvalue weighted by molar-refractivity contribution is 0.0583. The normalized spacial score (nSPS) is 15.9. The van der Waals surface area contributed by atoms with Gasteiger partial charge in [-0.3, -0.25) is 4.79 Å². The molecule has 1 saturated carbocycles. The third-order valence-corrected chi connectivity index (χ3v) is 3.07. The van der Waals surface area contributed by atoms with E-state index in [4.69, 9.17) is 5.73 Å². The molecule has 0 radical (unpaired) electrons. The maximum absolute atomic E-state index is 12.2. The van der Waals surface area contributed by atoms with E-state index in [1.807, 2.05) is 11.9 Å². The molecule has 5 nitrogen and oxygen atoms in total. The summed E-state index contributed by atoms with van der Waals surface area (Å²) >= 11 is 0. The number of aromatic nitrogens is 2. The quantitative estimate of drug-likeness (QED) is 0.800. The van der Waals surface area contributed by atoms with Crippen molar-refractivity contribution in [3.05, 3.63) is 18.2 Å². The van der Waals surface area contributed by atoms with Crippen LogP contribution in [0.3, 0.4) is 0 Å². The number of amides is 1. The minimum absolute atomic E-state index is 0.00995. The van der Waals surface area contributed by atoms with Crippen molar-refractivity contribution in [3.8, 4) is 0 Å². The summed E-state index contributed by atoms with van der Waals surface area (Å²) in [5.74, 6) is 0.00995. The molecule has 0 aromatic carbocycles. The minimum atomic E-state index is 0.00995. The maximum atomic E-state index is 12.2. The lowest BCUT2D eigenvalue weighted by atomic mass is 9.91. The lowest BCUT2D eigenvalue weighted by Gasteiger charge is -2.37. The highest BCUT2D eigenvalue weighted by molar-refractivity contribution is 5.92. The van der Waals surface area contributed by atoms with Gasteiger partial charge in [-0.05, 0) is 19.3 Å². The summed E-state index contributed by atoms with van der Waals surface area (Å²) < 4.78 is 1.79. The molecule has 0 spiro atoms. The molecular formula is C11H18N4O. The second kappa shape index (κ2) is 4.65. The lowest BCUT2D eigenvalue weighted by Crippen LogP contribution is -2.46. The molecule has 1 fully saturated rings. The molecule has 1 aromatic rings. The Kier molecular flexibility index (Phi) is 3.24. The molecule has 5 heteroatoms. The van der Waals surface area contributed by atoms with Crippen LogP contribution < -0.4 is 5.73 Å². The highest BCUT2D eigenvalue weighted by Crippen LogP contribution is 2.25. The van der Waals surface area contributed by atoms with Gasteiger partial charge in [-0.1, -0.05) is 0 Å². The molecule has 1 aromatic heterocycles. The third-order valence-electron chi connectivity index (χ3n) is 3.07. The van der Waals surface area contributed by atoms with Crippen molar-refractivity contribution in [1.29, 1.82) is 0 Å². The number of nitrogens with zero attached hydrogens (tertiary/aromatic N) is 3. The van der Waals surface area contributed by atoms with Crippen LogP contribution in [0.5, 0.6) is 0 Å². The van der Waals surface area contributed by atoms with E-state index in [0.29, 0.717) is 24.8 Å². The Morgan fingerprint density at radius 1 is 1.69 bits per heavy atom. The Bertz CT molecular complexity index is 370. The summed E-state index contributed by atoms with van der Waals surface area (Å²) in [6.07, 6.45) is 6.80. The van der Waals surface area contributed by atoms with Gasteiger partial charge in [0.1, 0.15) is 5.69 Å². The minimum Gasteiger partial charge on any atom is -0.340 e. The van der Waals surface area contributed by atoms with Gasteiger partial charge in [0.05, 0.1) is 6.33 Å². The number of nitrogens with two attached hydrogens (primary N) is 1. The van der Waals surface area contributed by atoms with E-state index in [2.05, 4.69) is 4.98 Å². The van der Waals surface area contributed by atoms with Crippen LogP contribution in [0.2, 0.25) is 0 Å². The zero-order chi connectivity index (χ0) is 11.5. The Morgan fingerprint density at radius 2 is 2.44 bits per heavy atom. The average Bonchev–Trinajstić information content (AvgIpc) is 2.60. The first-order valence-electron chi connectivity index (χ1n) is 5.71. The third kappa shape index (κ3) is 2.09. The Morgan fingerprint density at radius 3 is 2.88 bits per heavy atom. The molecule has 1 aliphatic rings. The fourth-order valence-electron chi connectivity index (χ4n) is 1.96. The smallest absolute Gasteiger partial charge is 0.274 e. The molecule has 1 heterocycles.